The summed E-state index contributed by atoms with van der Waals surface area (Å²) in [5, 5.41) is 0. The van der Waals surface area contributed by atoms with E-state index in [0.717, 1.165) is 12.8 Å². The van der Waals surface area contributed by atoms with Crippen LogP contribution in [0.3, 0.4) is 0 Å². The van der Waals surface area contributed by atoms with Crippen LogP contribution in [-0.4, -0.2) is 12.1 Å². The molecule has 1 rings (SSSR count). The summed E-state index contributed by atoms with van der Waals surface area (Å²) < 4.78 is 0. The summed E-state index contributed by atoms with van der Waals surface area (Å²) in [6.07, 6.45) is 13.1. The second kappa shape index (κ2) is 6.41. The summed E-state index contributed by atoms with van der Waals surface area (Å²) in [7, 11) is 0. The molecule has 0 bridgehead atoms. The molecule has 0 atom stereocenters. The standard InChI is InChI=1S/C12H26N2/c13-11-12(14)9-7-5-3-1-2-4-6-8-10-12/h1-11,13-14H2. The van der Waals surface area contributed by atoms with Crippen LogP contribution in [0, 0.1) is 0 Å². The van der Waals surface area contributed by atoms with Gasteiger partial charge in [0.1, 0.15) is 0 Å². The second-order valence-corrected chi connectivity index (χ2v) is 4.89. The van der Waals surface area contributed by atoms with Gasteiger partial charge in [0.15, 0.2) is 0 Å². The number of hydrogen-bond donors (Lipinski definition) is 2. The fourth-order valence-corrected chi connectivity index (χ4v) is 2.34. The SMILES string of the molecule is NCC1(N)CCCCCCCCCC1. The molecular weight excluding hydrogens is 172 g/mol. The summed E-state index contributed by atoms with van der Waals surface area (Å²) >= 11 is 0. The van der Waals surface area contributed by atoms with E-state index < -0.39 is 0 Å². The van der Waals surface area contributed by atoms with Crippen LogP contribution in [0.5, 0.6) is 0 Å². The Bertz CT molecular complexity index is 133. The molecule has 0 aromatic carbocycles. The van der Waals surface area contributed by atoms with E-state index in [1.165, 1.54) is 51.4 Å². The summed E-state index contributed by atoms with van der Waals surface area (Å²) in [4.78, 5) is 0. The first-order chi connectivity index (χ1) is 6.77. The average Bonchev–Trinajstić information content (AvgIpc) is 2.24. The van der Waals surface area contributed by atoms with Gasteiger partial charge in [-0.25, -0.2) is 0 Å². The summed E-state index contributed by atoms with van der Waals surface area (Å²) in [6, 6.07) is 0. The molecule has 84 valence electrons. The third-order valence-corrected chi connectivity index (χ3v) is 3.51. The highest BCUT2D eigenvalue weighted by molar-refractivity contribution is 4.85. The lowest BCUT2D eigenvalue weighted by Crippen LogP contribution is -2.46. The van der Waals surface area contributed by atoms with Gasteiger partial charge in [0.2, 0.25) is 0 Å². The van der Waals surface area contributed by atoms with E-state index >= 15 is 0 Å². The van der Waals surface area contributed by atoms with Crippen LogP contribution < -0.4 is 11.5 Å². The lowest BCUT2D eigenvalue weighted by Gasteiger charge is -2.27. The molecule has 1 aliphatic rings. The molecule has 0 amide bonds. The van der Waals surface area contributed by atoms with E-state index in [9.17, 15) is 0 Å². The van der Waals surface area contributed by atoms with Crippen molar-refractivity contribution in [2.24, 2.45) is 11.5 Å². The zero-order valence-electron chi connectivity index (χ0n) is 9.43. The van der Waals surface area contributed by atoms with Gasteiger partial charge < -0.3 is 11.5 Å². The lowest BCUT2D eigenvalue weighted by atomic mass is 9.88. The molecule has 0 aromatic rings. The van der Waals surface area contributed by atoms with E-state index in [2.05, 4.69) is 0 Å². The van der Waals surface area contributed by atoms with Crippen LogP contribution >= 0.6 is 0 Å². The fourth-order valence-electron chi connectivity index (χ4n) is 2.34. The van der Waals surface area contributed by atoms with Crippen molar-refractivity contribution < 1.29 is 0 Å². The quantitative estimate of drug-likeness (QED) is 0.680. The van der Waals surface area contributed by atoms with Crippen molar-refractivity contribution in [1.82, 2.24) is 0 Å². The first-order valence-electron chi connectivity index (χ1n) is 6.26. The summed E-state index contributed by atoms with van der Waals surface area (Å²) in [5.74, 6) is 0. The second-order valence-electron chi connectivity index (χ2n) is 4.89. The van der Waals surface area contributed by atoms with Crippen LogP contribution in [0.4, 0.5) is 0 Å². The monoisotopic (exact) mass is 198 g/mol. The van der Waals surface area contributed by atoms with Crippen molar-refractivity contribution in [3.05, 3.63) is 0 Å². The predicted octanol–water partition coefficient (Wildman–Crippen LogP) is 2.56. The fraction of sp³-hybridized carbons (Fsp3) is 1.00. The zero-order valence-corrected chi connectivity index (χ0v) is 9.43. The van der Waals surface area contributed by atoms with E-state index in [-0.39, 0.29) is 5.54 Å². The van der Waals surface area contributed by atoms with E-state index in [0.29, 0.717) is 6.54 Å². The van der Waals surface area contributed by atoms with Crippen LogP contribution in [-0.2, 0) is 0 Å². The predicted molar refractivity (Wildman–Crippen MR) is 62.1 cm³/mol. The Kier molecular flexibility index (Phi) is 5.49. The third kappa shape index (κ3) is 4.43. The molecular formula is C12H26N2. The maximum Gasteiger partial charge on any atom is 0.0278 e. The van der Waals surface area contributed by atoms with Gasteiger partial charge in [0.25, 0.3) is 0 Å². The van der Waals surface area contributed by atoms with Gasteiger partial charge in [-0.1, -0.05) is 51.4 Å². The van der Waals surface area contributed by atoms with Gasteiger partial charge in [0.05, 0.1) is 0 Å². The van der Waals surface area contributed by atoms with Gasteiger partial charge >= 0.3 is 0 Å². The highest BCUT2D eigenvalue weighted by Crippen LogP contribution is 2.21. The molecule has 0 radical (unpaired) electrons. The molecule has 0 spiro atoms. The Labute approximate surface area is 88.4 Å². The molecule has 1 saturated carbocycles. The molecule has 2 nitrogen and oxygen atoms in total. The van der Waals surface area contributed by atoms with E-state index in [1.807, 2.05) is 0 Å². The van der Waals surface area contributed by atoms with Crippen LogP contribution in [0.2, 0.25) is 0 Å². The van der Waals surface area contributed by atoms with Gasteiger partial charge in [-0.2, -0.15) is 0 Å². The number of hydrogen-bond acceptors (Lipinski definition) is 2. The largest absolute Gasteiger partial charge is 0.329 e. The van der Waals surface area contributed by atoms with Crippen LogP contribution in [0.25, 0.3) is 0 Å². The number of nitrogens with two attached hydrogens (primary N) is 2. The molecule has 14 heavy (non-hydrogen) atoms. The van der Waals surface area contributed by atoms with Gasteiger partial charge in [-0.05, 0) is 12.8 Å². The molecule has 0 saturated heterocycles. The molecule has 1 fully saturated rings. The van der Waals surface area contributed by atoms with Crippen molar-refractivity contribution in [1.29, 1.82) is 0 Å². The Balaban J connectivity index is 2.35. The highest BCUT2D eigenvalue weighted by atomic mass is 14.8. The number of rotatable bonds is 1. The van der Waals surface area contributed by atoms with Crippen molar-refractivity contribution in [3.63, 3.8) is 0 Å². The highest BCUT2D eigenvalue weighted by Gasteiger charge is 2.21. The average molecular weight is 198 g/mol. The van der Waals surface area contributed by atoms with Crippen molar-refractivity contribution in [2.45, 2.75) is 69.7 Å². The van der Waals surface area contributed by atoms with Gasteiger partial charge in [0, 0.05) is 12.1 Å². The molecule has 0 aromatic heterocycles. The smallest absolute Gasteiger partial charge is 0.0278 e. The maximum absolute atomic E-state index is 6.27. The zero-order chi connectivity index (χ0) is 10.3. The maximum atomic E-state index is 6.27. The summed E-state index contributed by atoms with van der Waals surface area (Å²) in [6.45, 7) is 0.660. The van der Waals surface area contributed by atoms with Crippen molar-refractivity contribution >= 4 is 0 Å². The third-order valence-electron chi connectivity index (χ3n) is 3.51. The van der Waals surface area contributed by atoms with Gasteiger partial charge in [-0.15, -0.1) is 0 Å². The molecule has 0 aliphatic heterocycles. The molecule has 0 heterocycles. The Morgan fingerprint density at radius 2 is 1.07 bits per heavy atom. The molecule has 4 N–H and O–H groups in total. The normalized spacial score (nSPS) is 25.3. The minimum atomic E-state index is -0.0512. The Morgan fingerprint density at radius 1 is 0.714 bits per heavy atom. The minimum absolute atomic E-state index is 0.0512. The Hall–Kier alpha value is -0.0800. The molecule has 0 unspecified atom stereocenters. The topological polar surface area (TPSA) is 52.0 Å². The van der Waals surface area contributed by atoms with E-state index in [1.54, 1.807) is 0 Å². The molecule has 2 heteroatoms. The van der Waals surface area contributed by atoms with Crippen LogP contribution in [0.1, 0.15) is 64.2 Å². The Morgan fingerprint density at radius 3 is 1.43 bits per heavy atom. The molecule has 1 aliphatic carbocycles. The lowest BCUT2D eigenvalue weighted by molar-refractivity contribution is 0.349. The van der Waals surface area contributed by atoms with Gasteiger partial charge in [-0.3, -0.25) is 0 Å². The van der Waals surface area contributed by atoms with Crippen LogP contribution in [0.15, 0.2) is 0 Å². The van der Waals surface area contributed by atoms with Crippen molar-refractivity contribution in [3.8, 4) is 0 Å². The van der Waals surface area contributed by atoms with E-state index in [4.69, 9.17) is 11.5 Å². The summed E-state index contributed by atoms with van der Waals surface area (Å²) in [5.41, 5.74) is 12.0. The minimum Gasteiger partial charge on any atom is -0.329 e. The first-order valence-corrected chi connectivity index (χ1v) is 6.26. The first kappa shape index (κ1) is 12.0. The van der Waals surface area contributed by atoms with Crippen molar-refractivity contribution in [2.75, 3.05) is 6.54 Å².